The van der Waals surface area contributed by atoms with Crippen molar-refractivity contribution in [2.24, 2.45) is 0 Å². The van der Waals surface area contributed by atoms with Crippen LogP contribution in [0.1, 0.15) is 10.5 Å². The van der Waals surface area contributed by atoms with E-state index in [9.17, 15) is 4.79 Å². The van der Waals surface area contributed by atoms with Gasteiger partial charge in [-0.3, -0.25) is 4.79 Å². The molecule has 0 saturated carbocycles. The third-order valence-corrected chi connectivity index (χ3v) is 2.35. The van der Waals surface area contributed by atoms with E-state index >= 15 is 0 Å². The topological polar surface area (TPSA) is 47.8 Å². The minimum absolute atomic E-state index is 0.462. The first-order chi connectivity index (χ1) is 6.83. The van der Waals surface area contributed by atoms with E-state index in [0.717, 1.165) is 6.29 Å². The highest BCUT2D eigenvalue weighted by atomic mass is 79.9. The number of carbonyl (C=O) groups excluding carboxylic acids is 1. The summed E-state index contributed by atoms with van der Waals surface area (Å²) in [6.45, 7) is 0. The maximum atomic E-state index is 10.8. The third-order valence-electron chi connectivity index (χ3n) is 1.74. The van der Waals surface area contributed by atoms with Gasteiger partial charge in [-0.25, -0.2) is 9.67 Å². The lowest BCUT2D eigenvalue weighted by Gasteiger charge is -2.00. The number of halogens is 1. The Morgan fingerprint density at radius 3 is 2.93 bits per heavy atom. The number of carbonyl (C=O) groups is 1. The molecule has 0 aliphatic rings. The van der Waals surface area contributed by atoms with E-state index in [-0.39, 0.29) is 0 Å². The average molecular weight is 252 g/mol. The fourth-order valence-corrected chi connectivity index (χ4v) is 1.46. The summed E-state index contributed by atoms with van der Waals surface area (Å²) >= 11 is 3.23. The lowest BCUT2D eigenvalue weighted by atomic mass is 10.4. The molecule has 0 fully saturated rings. The Balaban J connectivity index is 2.57. The van der Waals surface area contributed by atoms with Crippen LogP contribution < -0.4 is 0 Å². The molecule has 0 N–H and O–H groups in total. The Morgan fingerprint density at radius 2 is 2.29 bits per heavy atom. The van der Waals surface area contributed by atoms with Gasteiger partial charge in [0.25, 0.3) is 0 Å². The normalized spacial score (nSPS) is 10.1. The summed E-state index contributed by atoms with van der Waals surface area (Å²) in [5.74, 6) is 0.625. The van der Waals surface area contributed by atoms with Crippen molar-refractivity contribution in [1.82, 2.24) is 14.8 Å². The number of hydrogen-bond donors (Lipinski definition) is 0. The van der Waals surface area contributed by atoms with Gasteiger partial charge in [-0.1, -0.05) is 6.07 Å². The van der Waals surface area contributed by atoms with Gasteiger partial charge in [0.1, 0.15) is 5.69 Å². The summed E-state index contributed by atoms with van der Waals surface area (Å²) in [6.07, 6.45) is 3.96. The molecule has 2 rings (SSSR count). The molecule has 4 nitrogen and oxygen atoms in total. The van der Waals surface area contributed by atoms with E-state index in [4.69, 9.17) is 0 Å². The molecule has 0 spiro atoms. The number of hydrogen-bond acceptors (Lipinski definition) is 3. The Bertz CT molecular complexity index is 452. The molecule has 70 valence electrons. The average Bonchev–Trinajstić information content (AvgIpc) is 2.61. The van der Waals surface area contributed by atoms with Gasteiger partial charge in [-0.15, -0.1) is 0 Å². The van der Waals surface area contributed by atoms with Crippen LogP contribution in [0.2, 0.25) is 0 Å². The van der Waals surface area contributed by atoms with Crippen LogP contribution in [0, 0.1) is 0 Å². The van der Waals surface area contributed by atoms with Crippen LogP contribution in [0.4, 0.5) is 0 Å². The van der Waals surface area contributed by atoms with Crippen molar-refractivity contribution >= 4 is 22.2 Å². The predicted octanol–water partition coefficient (Wildman–Crippen LogP) is 1.84. The first-order valence-corrected chi connectivity index (χ1v) is 4.72. The van der Waals surface area contributed by atoms with Crippen molar-refractivity contribution in [3.05, 3.63) is 40.8 Å². The lowest BCUT2D eigenvalue weighted by molar-refractivity contribution is 0.111. The molecule has 5 heteroatoms. The molecule has 0 radical (unpaired) electrons. The van der Waals surface area contributed by atoms with Crippen LogP contribution in [0.5, 0.6) is 0 Å². The first kappa shape index (κ1) is 9.08. The monoisotopic (exact) mass is 251 g/mol. The Hall–Kier alpha value is -1.49. The number of aromatic nitrogens is 3. The van der Waals surface area contributed by atoms with Crippen molar-refractivity contribution in [3.8, 4) is 5.82 Å². The van der Waals surface area contributed by atoms with Crippen molar-refractivity contribution in [3.63, 3.8) is 0 Å². The summed E-state index contributed by atoms with van der Waals surface area (Å²) in [5, 5.41) is 4.03. The van der Waals surface area contributed by atoms with Crippen LogP contribution in [0.3, 0.4) is 0 Å². The third kappa shape index (κ3) is 1.46. The zero-order chi connectivity index (χ0) is 9.97. The molecule has 0 aromatic carbocycles. The fraction of sp³-hybridized carbons (Fsp3) is 0. The van der Waals surface area contributed by atoms with E-state index in [1.54, 1.807) is 18.5 Å². The van der Waals surface area contributed by atoms with Gasteiger partial charge < -0.3 is 0 Å². The van der Waals surface area contributed by atoms with E-state index in [0.29, 0.717) is 16.0 Å². The number of rotatable bonds is 2. The quantitative estimate of drug-likeness (QED) is 0.766. The molecular formula is C9H6BrN3O. The van der Waals surface area contributed by atoms with Crippen LogP contribution in [-0.2, 0) is 0 Å². The SMILES string of the molecule is O=Cc1c(Br)cnn1-c1ccccn1. The van der Waals surface area contributed by atoms with Crippen molar-refractivity contribution in [2.45, 2.75) is 0 Å². The molecule has 2 heterocycles. The highest BCUT2D eigenvalue weighted by molar-refractivity contribution is 9.10. The Labute approximate surface area is 88.7 Å². The van der Waals surface area contributed by atoms with Gasteiger partial charge in [0.05, 0.1) is 10.7 Å². The minimum Gasteiger partial charge on any atom is -0.296 e. The second-order valence-electron chi connectivity index (χ2n) is 2.60. The lowest BCUT2D eigenvalue weighted by Crippen LogP contribution is -2.02. The van der Waals surface area contributed by atoms with Crippen molar-refractivity contribution < 1.29 is 4.79 Å². The summed E-state index contributed by atoms with van der Waals surface area (Å²) in [4.78, 5) is 14.9. The number of nitrogens with zero attached hydrogens (tertiary/aromatic N) is 3. The predicted molar refractivity (Wildman–Crippen MR) is 54.4 cm³/mol. The Kier molecular flexibility index (Phi) is 2.41. The van der Waals surface area contributed by atoms with Gasteiger partial charge >= 0.3 is 0 Å². The summed E-state index contributed by atoms with van der Waals surface area (Å²) < 4.78 is 2.15. The second-order valence-corrected chi connectivity index (χ2v) is 3.45. The van der Waals surface area contributed by atoms with Crippen molar-refractivity contribution in [2.75, 3.05) is 0 Å². The zero-order valence-corrected chi connectivity index (χ0v) is 8.68. The van der Waals surface area contributed by atoms with Crippen LogP contribution >= 0.6 is 15.9 Å². The number of pyridine rings is 1. The summed E-state index contributed by atoms with van der Waals surface area (Å²) in [5.41, 5.74) is 0.462. The van der Waals surface area contributed by atoms with E-state index in [1.165, 1.54) is 4.68 Å². The summed E-state index contributed by atoms with van der Waals surface area (Å²) in [6, 6.07) is 5.43. The molecule has 0 saturated heterocycles. The summed E-state index contributed by atoms with van der Waals surface area (Å²) in [7, 11) is 0. The molecule has 0 unspecified atom stereocenters. The van der Waals surface area contributed by atoms with Crippen molar-refractivity contribution in [1.29, 1.82) is 0 Å². The molecule has 14 heavy (non-hydrogen) atoms. The largest absolute Gasteiger partial charge is 0.296 e. The van der Waals surface area contributed by atoms with Gasteiger partial charge in [0.2, 0.25) is 0 Å². The smallest absolute Gasteiger partial charge is 0.169 e. The molecular weight excluding hydrogens is 246 g/mol. The first-order valence-electron chi connectivity index (χ1n) is 3.93. The van der Waals surface area contributed by atoms with Gasteiger partial charge in [0.15, 0.2) is 12.1 Å². The highest BCUT2D eigenvalue weighted by Crippen LogP contribution is 2.16. The molecule has 0 aliphatic heterocycles. The molecule has 0 atom stereocenters. The number of aldehydes is 1. The van der Waals surface area contributed by atoms with Gasteiger partial charge in [-0.2, -0.15) is 5.10 Å². The van der Waals surface area contributed by atoms with E-state index in [2.05, 4.69) is 26.0 Å². The Morgan fingerprint density at radius 1 is 1.43 bits per heavy atom. The minimum atomic E-state index is 0.462. The molecule has 0 aliphatic carbocycles. The van der Waals surface area contributed by atoms with Crippen LogP contribution in [0.25, 0.3) is 5.82 Å². The van der Waals surface area contributed by atoms with E-state index < -0.39 is 0 Å². The van der Waals surface area contributed by atoms with Gasteiger partial charge in [-0.05, 0) is 28.1 Å². The molecule has 2 aromatic heterocycles. The maximum absolute atomic E-state index is 10.8. The molecule has 2 aromatic rings. The second kappa shape index (κ2) is 3.71. The zero-order valence-electron chi connectivity index (χ0n) is 7.09. The van der Waals surface area contributed by atoms with E-state index in [1.807, 2.05) is 12.1 Å². The standard InChI is InChI=1S/C9H6BrN3O/c10-7-5-12-13(8(7)6-14)9-3-1-2-4-11-9/h1-6H. The van der Waals surface area contributed by atoms with Crippen LogP contribution in [0.15, 0.2) is 35.1 Å². The molecule has 0 amide bonds. The highest BCUT2D eigenvalue weighted by Gasteiger charge is 2.09. The molecule has 0 bridgehead atoms. The maximum Gasteiger partial charge on any atom is 0.169 e. The van der Waals surface area contributed by atoms with Crippen LogP contribution in [-0.4, -0.2) is 21.1 Å². The fourth-order valence-electron chi connectivity index (χ4n) is 1.11. The van der Waals surface area contributed by atoms with Gasteiger partial charge in [0, 0.05) is 6.20 Å².